The van der Waals surface area contributed by atoms with Crippen LogP contribution in [0.2, 0.25) is 0 Å². The zero-order valence-electron chi connectivity index (χ0n) is 22.4. The molecule has 4 aromatic rings. The summed E-state index contributed by atoms with van der Waals surface area (Å²) in [6.07, 6.45) is -8.18. The molecular formula is C20H25N10O12P2S+. The van der Waals surface area contributed by atoms with E-state index >= 15 is 0 Å². The Labute approximate surface area is 256 Å². The summed E-state index contributed by atoms with van der Waals surface area (Å²) in [5, 5.41) is 31.5. The van der Waals surface area contributed by atoms with Crippen molar-refractivity contribution in [3.05, 3.63) is 23.6 Å². The molecule has 0 aromatic carbocycles. The van der Waals surface area contributed by atoms with E-state index in [-0.39, 0.29) is 38.7 Å². The fourth-order valence-corrected chi connectivity index (χ4v) is 6.73. The van der Waals surface area contributed by atoms with Crippen molar-refractivity contribution in [3.8, 4) is 0 Å². The second-order valence-corrected chi connectivity index (χ2v) is 12.3. The van der Waals surface area contributed by atoms with Crippen LogP contribution in [0.15, 0.2) is 19.0 Å². The summed E-state index contributed by atoms with van der Waals surface area (Å²) in [6.45, 7) is -1.51. The number of ether oxygens (including phenoxy) is 2. The molecule has 4 aromatic heterocycles. The lowest BCUT2D eigenvalue weighted by molar-refractivity contribution is -0.0609. The summed E-state index contributed by atoms with van der Waals surface area (Å²) in [5.41, 5.74) is 12.3. The number of aromatic nitrogens is 8. The van der Waals surface area contributed by atoms with Crippen LogP contribution in [0.5, 0.6) is 0 Å². The van der Waals surface area contributed by atoms with Crippen molar-refractivity contribution >= 4 is 62.4 Å². The monoisotopic (exact) mass is 691 g/mol. The molecule has 25 heteroatoms. The molecule has 2 aliphatic heterocycles. The number of hydrogen-bond acceptors (Lipinski definition) is 18. The minimum atomic E-state index is -5.13. The van der Waals surface area contributed by atoms with E-state index in [0.29, 0.717) is 0 Å². The largest absolute Gasteiger partial charge is 0.695 e. The Morgan fingerprint density at radius 3 is 2.49 bits per heavy atom. The standard InChI is InChI=1S/C20H24N10O12P2S/c21-14-8-15(24-3-23-14)29(4-25-8)18-11(33)12(41-43(34)35)7(40-18)2-38-44(36,37)42-13-10(32)6(1-31)39-19(13)30-5-26-9-16(30)27-20(22)28-17(9)45/h3-7,10-13,18-19,31-33H,1-2H2,(H6-,21,22,23,24,27,28,34,35,36,37,45)/p+1/t6-,7-,10-,11-,12-,13-,18-,19-/m1/s1. The van der Waals surface area contributed by atoms with E-state index < -0.39 is 78.4 Å². The zero-order valence-corrected chi connectivity index (χ0v) is 25.1. The molecule has 10 N–H and O–H groups in total. The van der Waals surface area contributed by atoms with Crippen LogP contribution in [0, 0.1) is 4.64 Å². The average molecular weight is 691 g/mol. The molecule has 45 heavy (non-hydrogen) atoms. The van der Waals surface area contributed by atoms with Crippen LogP contribution in [0.25, 0.3) is 22.3 Å². The van der Waals surface area contributed by atoms with Gasteiger partial charge in [-0.15, -0.1) is 9.42 Å². The lowest BCUT2D eigenvalue weighted by Crippen LogP contribution is -2.36. The smallest absolute Gasteiger partial charge is 0.394 e. The molecule has 2 aliphatic rings. The molecule has 6 heterocycles. The normalized spacial score (nSPS) is 30.3. The van der Waals surface area contributed by atoms with Gasteiger partial charge in [-0.2, -0.15) is 0 Å². The van der Waals surface area contributed by atoms with Crippen LogP contribution in [0.4, 0.5) is 11.8 Å². The number of fused-ring (bicyclic) bond motifs is 2. The van der Waals surface area contributed by atoms with Crippen molar-refractivity contribution in [2.24, 2.45) is 0 Å². The number of imidazole rings is 2. The van der Waals surface area contributed by atoms with E-state index in [4.69, 9.17) is 46.7 Å². The maximum atomic E-state index is 13.2. The number of nitrogens with zero attached hydrogens (tertiary/aromatic N) is 7. The Hall–Kier alpha value is -3.15. The van der Waals surface area contributed by atoms with Gasteiger partial charge in [-0.05, 0) is 0 Å². The van der Waals surface area contributed by atoms with Crippen LogP contribution >= 0.6 is 28.3 Å². The molecule has 2 fully saturated rings. The number of aliphatic hydroxyl groups is 3. The van der Waals surface area contributed by atoms with Crippen molar-refractivity contribution in [1.82, 2.24) is 39.0 Å². The van der Waals surface area contributed by atoms with E-state index in [1.807, 2.05) is 0 Å². The number of aromatic amines is 1. The number of rotatable bonds is 10. The number of phosphoric ester groups is 1. The molecule has 242 valence electrons. The van der Waals surface area contributed by atoms with Gasteiger partial charge in [0.1, 0.15) is 53.5 Å². The molecule has 0 bridgehead atoms. The van der Waals surface area contributed by atoms with Gasteiger partial charge in [0.05, 0.1) is 25.9 Å². The van der Waals surface area contributed by atoms with Crippen molar-refractivity contribution in [2.45, 2.75) is 49.1 Å². The second kappa shape index (κ2) is 12.2. The molecule has 10 atom stereocenters. The number of anilines is 2. The van der Waals surface area contributed by atoms with Gasteiger partial charge in [-0.3, -0.25) is 18.2 Å². The van der Waals surface area contributed by atoms with E-state index in [9.17, 15) is 34.2 Å². The molecule has 22 nitrogen and oxygen atoms in total. The molecule has 0 spiro atoms. The molecule has 0 amide bonds. The zero-order chi connectivity index (χ0) is 32.2. The maximum Gasteiger partial charge on any atom is 0.695 e. The highest BCUT2D eigenvalue weighted by Crippen LogP contribution is 2.50. The fraction of sp³-hybridized carbons (Fsp3) is 0.500. The molecule has 0 radical (unpaired) electrons. The number of hydrogen-bond donors (Lipinski definition) is 8. The number of nitrogens with one attached hydrogen (secondary N) is 1. The molecule has 2 unspecified atom stereocenters. The van der Waals surface area contributed by atoms with Crippen LogP contribution in [-0.2, 0) is 32.2 Å². The molecular weight excluding hydrogens is 666 g/mol. The van der Waals surface area contributed by atoms with Crippen LogP contribution in [-0.4, -0.2) is 114 Å². The first-order valence-electron chi connectivity index (χ1n) is 12.8. The van der Waals surface area contributed by atoms with E-state index in [1.54, 1.807) is 0 Å². The lowest BCUT2D eigenvalue weighted by Gasteiger charge is -2.25. The topological polar surface area (TPSA) is 324 Å². The Kier molecular flexibility index (Phi) is 8.64. The Bertz CT molecular complexity index is 1860. The Morgan fingerprint density at radius 2 is 1.76 bits per heavy atom. The third kappa shape index (κ3) is 5.94. The summed E-state index contributed by atoms with van der Waals surface area (Å²) in [6, 6.07) is 0. The van der Waals surface area contributed by atoms with Gasteiger partial charge in [0.2, 0.25) is 0 Å². The summed E-state index contributed by atoms with van der Waals surface area (Å²) >= 11 is 5.17. The number of nitrogens with two attached hydrogens (primary N) is 2. The minimum Gasteiger partial charge on any atom is -0.394 e. The first kappa shape index (κ1) is 31.8. The van der Waals surface area contributed by atoms with Crippen molar-refractivity contribution in [3.63, 3.8) is 0 Å². The SMILES string of the molecule is Nc1nc(=S)c2ncn([C@@H]3O[C@H](CO)[C@@H](O)[C@H]3OP(=O)(O)OC[C@H]3O[C@@H](n4cnc5c(N)ncnc54)[C@H](O)[C@@H]3O[P+](=O)O)c2[nH]1. The first-order valence-corrected chi connectivity index (χ1v) is 15.8. The number of aliphatic hydroxyl groups excluding tert-OH is 3. The van der Waals surface area contributed by atoms with Gasteiger partial charge in [-0.25, -0.2) is 29.5 Å². The predicted octanol–water partition coefficient (Wildman–Crippen LogP) is -1.46. The third-order valence-corrected chi connectivity index (χ3v) is 8.76. The second-order valence-electron chi connectivity index (χ2n) is 9.80. The summed E-state index contributed by atoms with van der Waals surface area (Å²) in [7, 11) is -8.40. The number of phosphoric acid groups is 1. The van der Waals surface area contributed by atoms with Gasteiger partial charge in [-0.1, -0.05) is 12.2 Å². The molecule has 6 rings (SSSR count). The Morgan fingerprint density at radius 1 is 1.04 bits per heavy atom. The highest BCUT2D eigenvalue weighted by atomic mass is 32.1. The lowest BCUT2D eigenvalue weighted by atomic mass is 10.1. The highest BCUT2D eigenvalue weighted by Gasteiger charge is 2.53. The first-order chi connectivity index (χ1) is 21.4. The third-order valence-electron chi connectivity index (χ3n) is 7.07. The summed E-state index contributed by atoms with van der Waals surface area (Å²) in [5.74, 6) is -0.0277. The van der Waals surface area contributed by atoms with Gasteiger partial charge >= 0.3 is 16.1 Å². The van der Waals surface area contributed by atoms with Crippen LogP contribution < -0.4 is 11.5 Å². The predicted molar refractivity (Wildman–Crippen MR) is 149 cm³/mol. The van der Waals surface area contributed by atoms with Crippen LogP contribution in [0.1, 0.15) is 12.5 Å². The van der Waals surface area contributed by atoms with Gasteiger partial charge in [0.25, 0.3) is 0 Å². The van der Waals surface area contributed by atoms with E-state index in [2.05, 4.69) is 29.9 Å². The van der Waals surface area contributed by atoms with Crippen LogP contribution in [0.3, 0.4) is 0 Å². The van der Waals surface area contributed by atoms with E-state index in [1.165, 1.54) is 21.8 Å². The van der Waals surface area contributed by atoms with Crippen molar-refractivity contribution in [2.75, 3.05) is 24.7 Å². The number of nitrogen functional groups attached to an aromatic ring is 2. The number of H-pyrrole nitrogens is 1. The van der Waals surface area contributed by atoms with E-state index in [0.717, 1.165) is 6.33 Å². The molecule has 0 saturated carbocycles. The van der Waals surface area contributed by atoms with Crippen molar-refractivity contribution in [1.29, 1.82) is 0 Å². The molecule has 0 aliphatic carbocycles. The maximum absolute atomic E-state index is 13.2. The quantitative estimate of drug-likeness (QED) is 0.0695. The molecule has 2 saturated heterocycles. The van der Waals surface area contributed by atoms with Gasteiger partial charge < -0.3 is 46.1 Å². The average Bonchev–Trinajstić information content (AvgIpc) is 3.73. The minimum absolute atomic E-state index is 0.0434. The summed E-state index contributed by atoms with van der Waals surface area (Å²) < 4.78 is 54.2. The fourth-order valence-electron chi connectivity index (χ4n) is 5.08. The van der Waals surface area contributed by atoms with Gasteiger partial charge in [0, 0.05) is 4.57 Å². The highest BCUT2D eigenvalue weighted by molar-refractivity contribution is 7.71. The summed E-state index contributed by atoms with van der Waals surface area (Å²) in [4.78, 5) is 42.8. The Balaban J connectivity index is 1.22. The van der Waals surface area contributed by atoms with Gasteiger partial charge in [0.15, 0.2) is 40.6 Å². The van der Waals surface area contributed by atoms with Crippen molar-refractivity contribution < 1.29 is 57.3 Å².